The molecule has 2 heterocycles. The molecule has 5 nitrogen and oxygen atoms in total. The molecule has 0 aromatic heterocycles. The molecule has 0 unspecified atom stereocenters. The van der Waals surface area contributed by atoms with E-state index in [-0.39, 0.29) is 35.7 Å². The minimum absolute atomic E-state index is 0.0540. The maximum absolute atomic E-state index is 11.5. The number of nitrogens with zero attached hydrogens (tertiary/aromatic N) is 1. The van der Waals surface area contributed by atoms with E-state index in [0.717, 1.165) is 0 Å². The number of hydrogen-bond acceptors (Lipinski definition) is 3. The Morgan fingerprint density at radius 2 is 2.07 bits per heavy atom. The van der Waals surface area contributed by atoms with Crippen LogP contribution in [0.1, 0.15) is 13.8 Å². The van der Waals surface area contributed by atoms with Gasteiger partial charge in [-0.25, -0.2) is 13.2 Å². The Hall–Kier alpha value is -0.780. The van der Waals surface area contributed by atoms with E-state index in [1.807, 2.05) is 13.8 Å². The number of sulfone groups is 1. The SMILES string of the molecule is CC(C)N1C(=O)N[C@H]2CS(=O)(=O)C[C@H]21. The van der Waals surface area contributed by atoms with E-state index in [4.69, 9.17) is 0 Å². The number of hydrogen-bond donors (Lipinski definition) is 1. The van der Waals surface area contributed by atoms with Crippen LogP contribution in [0.25, 0.3) is 0 Å². The van der Waals surface area contributed by atoms with Gasteiger partial charge in [0.2, 0.25) is 0 Å². The molecular formula is C8H14N2O3S. The molecule has 2 aliphatic heterocycles. The van der Waals surface area contributed by atoms with Crippen LogP contribution in [-0.2, 0) is 9.84 Å². The van der Waals surface area contributed by atoms with E-state index in [1.165, 1.54) is 0 Å². The fourth-order valence-corrected chi connectivity index (χ4v) is 4.14. The van der Waals surface area contributed by atoms with Crippen LogP contribution in [-0.4, -0.2) is 49.0 Å². The number of urea groups is 1. The van der Waals surface area contributed by atoms with Crippen LogP contribution in [0, 0.1) is 0 Å². The normalized spacial score (nSPS) is 34.8. The lowest BCUT2D eigenvalue weighted by molar-refractivity contribution is 0.190. The van der Waals surface area contributed by atoms with E-state index in [1.54, 1.807) is 4.90 Å². The molecule has 2 amide bonds. The van der Waals surface area contributed by atoms with Crippen molar-refractivity contribution in [3.63, 3.8) is 0 Å². The highest BCUT2D eigenvalue weighted by Crippen LogP contribution is 2.25. The maximum Gasteiger partial charge on any atom is 0.318 e. The monoisotopic (exact) mass is 218 g/mol. The Balaban J connectivity index is 2.26. The van der Waals surface area contributed by atoms with Gasteiger partial charge >= 0.3 is 6.03 Å². The average Bonchev–Trinajstić information content (AvgIpc) is 2.37. The Morgan fingerprint density at radius 1 is 1.43 bits per heavy atom. The summed E-state index contributed by atoms with van der Waals surface area (Å²) in [7, 11) is -2.95. The number of carbonyl (C=O) groups is 1. The first-order valence-corrected chi connectivity index (χ1v) is 6.52. The summed E-state index contributed by atoms with van der Waals surface area (Å²) in [6.45, 7) is 3.79. The lowest BCUT2D eigenvalue weighted by Crippen LogP contribution is -2.41. The van der Waals surface area contributed by atoms with Crippen molar-refractivity contribution in [1.82, 2.24) is 10.2 Å². The molecule has 2 rings (SSSR count). The molecular weight excluding hydrogens is 204 g/mol. The molecule has 14 heavy (non-hydrogen) atoms. The van der Waals surface area contributed by atoms with E-state index in [2.05, 4.69) is 5.32 Å². The fraction of sp³-hybridized carbons (Fsp3) is 0.875. The first-order valence-electron chi connectivity index (χ1n) is 4.70. The summed E-state index contributed by atoms with van der Waals surface area (Å²) < 4.78 is 22.7. The lowest BCUT2D eigenvalue weighted by atomic mass is 10.1. The van der Waals surface area contributed by atoms with Crippen molar-refractivity contribution in [3.8, 4) is 0 Å². The highest BCUT2D eigenvalue weighted by atomic mass is 32.2. The van der Waals surface area contributed by atoms with Crippen molar-refractivity contribution < 1.29 is 13.2 Å². The second-order valence-corrected chi connectivity index (χ2v) is 6.36. The maximum atomic E-state index is 11.5. The standard InChI is InChI=1S/C8H14N2O3S/c1-5(2)10-7-4-14(12,13)3-6(7)9-8(10)11/h5-7H,3-4H2,1-2H3,(H,9,11)/t6-,7+/m0/s1. The van der Waals surface area contributed by atoms with Gasteiger partial charge in [0.25, 0.3) is 0 Å². The molecule has 2 fully saturated rings. The minimum atomic E-state index is -2.95. The van der Waals surface area contributed by atoms with Gasteiger partial charge in [-0.15, -0.1) is 0 Å². The second-order valence-electron chi connectivity index (χ2n) is 4.20. The molecule has 80 valence electrons. The molecule has 0 saturated carbocycles. The fourth-order valence-electron chi connectivity index (χ4n) is 2.24. The van der Waals surface area contributed by atoms with Gasteiger partial charge in [-0.1, -0.05) is 0 Å². The first-order chi connectivity index (χ1) is 6.41. The molecule has 0 radical (unpaired) electrons. The van der Waals surface area contributed by atoms with Crippen molar-refractivity contribution >= 4 is 15.9 Å². The Morgan fingerprint density at radius 3 is 2.64 bits per heavy atom. The summed E-state index contributed by atoms with van der Waals surface area (Å²) in [6, 6.07) is -0.439. The largest absolute Gasteiger partial charge is 0.332 e. The van der Waals surface area contributed by atoms with Crippen molar-refractivity contribution in [3.05, 3.63) is 0 Å². The Bertz CT molecular complexity index is 363. The van der Waals surface area contributed by atoms with Gasteiger partial charge in [-0.3, -0.25) is 0 Å². The molecule has 0 aliphatic carbocycles. The molecule has 1 N–H and O–H groups in total. The number of rotatable bonds is 1. The van der Waals surface area contributed by atoms with E-state index >= 15 is 0 Å². The van der Waals surface area contributed by atoms with Crippen LogP contribution < -0.4 is 5.32 Å². The van der Waals surface area contributed by atoms with Gasteiger partial charge in [0.05, 0.1) is 23.6 Å². The van der Waals surface area contributed by atoms with E-state index < -0.39 is 9.84 Å². The number of nitrogens with one attached hydrogen (secondary N) is 1. The predicted molar refractivity (Wildman–Crippen MR) is 51.7 cm³/mol. The second kappa shape index (κ2) is 2.85. The molecule has 0 aromatic rings. The van der Waals surface area contributed by atoms with Gasteiger partial charge in [0.1, 0.15) is 0 Å². The van der Waals surface area contributed by atoms with Gasteiger partial charge in [0, 0.05) is 6.04 Å². The topological polar surface area (TPSA) is 66.5 Å². The van der Waals surface area contributed by atoms with Crippen molar-refractivity contribution in [2.45, 2.75) is 32.0 Å². The molecule has 0 bridgehead atoms. The Kier molecular flexibility index (Phi) is 1.99. The highest BCUT2D eigenvalue weighted by molar-refractivity contribution is 7.91. The zero-order valence-electron chi connectivity index (χ0n) is 8.23. The zero-order chi connectivity index (χ0) is 10.5. The van der Waals surface area contributed by atoms with Crippen LogP contribution in [0.2, 0.25) is 0 Å². The molecule has 2 atom stereocenters. The van der Waals surface area contributed by atoms with Gasteiger partial charge in [-0.2, -0.15) is 0 Å². The molecule has 2 saturated heterocycles. The van der Waals surface area contributed by atoms with Gasteiger partial charge < -0.3 is 10.2 Å². The summed E-state index contributed by atoms with van der Waals surface area (Å²) >= 11 is 0. The van der Waals surface area contributed by atoms with Crippen LogP contribution in [0.3, 0.4) is 0 Å². The van der Waals surface area contributed by atoms with Crippen LogP contribution in [0.4, 0.5) is 4.79 Å². The lowest BCUT2D eigenvalue weighted by Gasteiger charge is -2.25. The van der Waals surface area contributed by atoms with Crippen LogP contribution in [0.5, 0.6) is 0 Å². The number of amides is 2. The summed E-state index contributed by atoms with van der Waals surface area (Å²) in [5, 5.41) is 2.71. The summed E-state index contributed by atoms with van der Waals surface area (Å²) in [4.78, 5) is 13.1. The van der Waals surface area contributed by atoms with Crippen molar-refractivity contribution in [2.75, 3.05) is 11.5 Å². The molecule has 0 aromatic carbocycles. The third kappa shape index (κ3) is 1.37. The third-order valence-electron chi connectivity index (χ3n) is 2.78. The summed E-state index contributed by atoms with van der Waals surface area (Å²) in [6.07, 6.45) is 0. The van der Waals surface area contributed by atoms with E-state index in [9.17, 15) is 13.2 Å². The highest BCUT2D eigenvalue weighted by Gasteiger charge is 2.49. The Labute approximate surface area is 83.4 Å². The molecule has 0 spiro atoms. The smallest absolute Gasteiger partial charge is 0.318 e. The first kappa shape index (κ1) is 9.76. The third-order valence-corrected chi connectivity index (χ3v) is 4.50. The van der Waals surface area contributed by atoms with E-state index in [0.29, 0.717) is 0 Å². The van der Waals surface area contributed by atoms with Crippen molar-refractivity contribution in [2.24, 2.45) is 0 Å². The van der Waals surface area contributed by atoms with Gasteiger partial charge in [0.15, 0.2) is 9.84 Å². The van der Waals surface area contributed by atoms with Crippen LogP contribution >= 0.6 is 0 Å². The molecule has 6 heteroatoms. The van der Waals surface area contributed by atoms with Gasteiger partial charge in [-0.05, 0) is 13.8 Å². The number of fused-ring (bicyclic) bond motifs is 1. The molecule has 2 aliphatic rings. The quantitative estimate of drug-likeness (QED) is 0.608. The zero-order valence-corrected chi connectivity index (χ0v) is 9.04. The predicted octanol–water partition coefficient (Wildman–Crippen LogP) is -0.414. The summed E-state index contributed by atoms with van der Waals surface area (Å²) in [5.41, 5.74) is 0. The van der Waals surface area contributed by atoms with Crippen LogP contribution in [0.15, 0.2) is 0 Å². The van der Waals surface area contributed by atoms with Crippen molar-refractivity contribution in [1.29, 1.82) is 0 Å². The minimum Gasteiger partial charge on any atom is -0.332 e. The summed E-state index contributed by atoms with van der Waals surface area (Å²) in [5.74, 6) is 0.196. The average molecular weight is 218 g/mol. The number of carbonyl (C=O) groups excluding carboxylic acids is 1.